The average Bonchev–Trinajstić information content (AvgIpc) is 2.58. The molecule has 2 N–H and O–H groups in total. The predicted octanol–water partition coefficient (Wildman–Crippen LogP) is 2.59. The second-order valence-corrected chi connectivity index (χ2v) is 5.81. The van der Waals surface area contributed by atoms with Crippen molar-refractivity contribution in [1.82, 2.24) is 4.37 Å². The van der Waals surface area contributed by atoms with Gasteiger partial charge in [0, 0.05) is 0 Å². The zero-order valence-electron chi connectivity index (χ0n) is 9.83. The molecule has 17 heavy (non-hydrogen) atoms. The predicted molar refractivity (Wildman–Crippen MR) is 68.1 cm³/mol. The summed E-state index contributed by atoms with van der Waals surface area (Å²) in [5.41, 5.74) is 0.632. The Bertz CT molecular complexity index is 646. The fourth-order valence-corrected chi connectivity index (χ4v) is 2.47. The lowest BCUT2D eigenvalue weighted by molar-refractivity contribution is 0.0699. The van der Waals surface area contributed by atoms with E-state index in [0.29, 0.717) is 10.1 Å². The summed E-state index contributed by atoms with van der Waals surface area (Å²) in [6.45, 7) is 5.96. The molecule has 0 aliphatic carbocycles. The molecular weight excluding hydrogens is 238 g/mol. The lowest BCUT2D eigenvalue weighted by Gasteiger charge is -2.19. The summed E-state index contributed by atoms with van der Waals surface area (Å²) in [7, 11) is 0. The van der Waals surface area contributed by atoms with Gasteiger partial charge in [-0.05, 0) is 23.1 Å². The minimum atomic E-state index is -1.00. The zero-order valence-corrected chi connectivity index (χ0v) is 10.6. The molecule has 0 radical (unpaired) electrons. The van der Waals surface area contributed by atoms with E-state index < -0.39 is 5.97 Å². The fourth-order valence-electron chi connectivity index (χ4n) is 1.65. The molecule has 1 heterocycles. The van der Waals surface area contributed by atoms with Gasteiger partial charge in [0.2, 0.25) is 0 Å². The summed E-state index contributed by atoms with van der Waals surface area (Å²) in [5, 5.41) is 9.63. The molecule has 0 saturated carbocycles. The molecule has 0 amide bonds. The largest absolute Gasteiger partial charge is 0.478 e. The monoisotopic (exact) mass is 251 g/mol. The molecule has 0 aliphatic rings. The van der Waals surface area contributed by atoms with Crippen molar-refractivity contribution < 1.29 is 9.90 Å². The van der Waals surface area contributed by atoms with Gasteiger partial charge >= 0.3 is 5.97 Å². The minimum absolute atomic E-state index is 0.188. The zero-order chi connectivity index (χ0) is 12.8. The number of carboxylic acid groups (broad SMARTS) is 1. The lowest BCUT2D eigenvalue weighted by Crippen LogP contribution is -2.13. The summed E-state index contributed by atoms with van der Waals surface area (Å²) in [6.07, 6.45) is 0. The highest BCUT2D eigenvalue weighted by Gasteiger charge is 2.20. The number of nitrogens with one attached hydrogen (secondary N) is 1. The number of aromatic nitrogens is 1. The molecule has 1 aromatic carbocycles. The third kappa shape index (κ3) is 1.98. The van der Waals surface area contributed by atoms with Gasteiger partial charge in [-0.1, -0.05) is 32.3 Å². The van der Waals surface area contributed by atoms with Crippen molar-refractivity contribution in [1.29, 1.82) is 0 Å². The number of fused-ring (bicyclic) bond motifs is 1. The van der Waals surface area contributed by atoms with Crippen LogP contribution in [0.2, 0.25) is 0 Å². The number of carboxylic acids is 1. The first-order chi connectivity index (χ1) is 7.80. The molecule has 0 spiro atoms. The number of hydrogen-bond acceptors (Lipinski definition) is 3. The molecule has 0 fully saturated rings. The van der Waals surface area contributed by atoms with E-state index in [1.54, 1.807) is 12.1 Å². The Morgan fingerprint density at radius 1 is 1.35 bits per heavy atom. The van der Waals surface area contributed by atoms with E-state index in [1.807, 2.05) is 20.8 Å². The number of carbonyl (C=O) groups is 1. The van der Waals surface area contributed by atoms with Gasteiger partial charge in [0.15, 0.2) is 0 Å². The number of hydrogen-bond donors (Lipinski definition) is 2. The SMILES string of the molecule is CC(C)(C)c1cc(C(=O)O)c2s[nH]c(=O)c2c1. The highest BCUT2D eigenvalue weighted by Crippen LogP contribution is 2.29. The maximum atomic E-state index is 11.6. The van der Waals surface area contributed by atoms with Crippen LogP contribution >= 0.6 is 11.5 Å². The number of aromatic amines is 1. The Hall–Kier alpha value is -1.62. The van der Waals surface area contributed by atoms with Crippen LogP contribution < -0.4 is 5.56 Å². The molecule has 90 valence electrons. The standard InChI is InChI=1S/C12H13NO3S/c1-12(2,3)6-4-7-9(17-13-10(7)14)8(5-6)11(15)16/h4-5H,1-3H3,(H,13,14)(H,15,16). The molecule has 0 aliphatic heterocycles. The number of H-pyrrole nitrogens is 1. The fraction of sp³-hybridized carbons (Fsp3) is 0.333. The van der Waals surface area contributed by atoms with E-state index in [1.165, 1.54) is 0 Å². The van der Waals surface area contributed by atoms with Crippen LogP contribution in [0, 0.1) is 0 Å². The van der Waals surface area contributed by atoms with Gasteiger partial charge in [0.25, 0.3) is 5.56 Å². The number of aromatic carboxylic acids is 1. The Morgan fingerprint density at radius 2 is 2.00 bits per heavy atom. The van der Waals surface area contributed by atoms with Crippen molar-refractivity contribution in [2.45, 2.75) is 26.2 Å². The van der Waals surface area contributed by atoms with E-state index in [4.69, 9.17) is 0 Å². The van der Waals surface area contributed by atoms with Gasteiger partial charge in [0.1, 0.15) is 0 Å². The van der Waals surface area contributed by atoms with E-state index in [9.17, 15) is 14.7 Å². The molecule has 0 saturated heterocycles. The van der Waals surface area contributed by atoms with Crippen molar-refractivity contribution in [3.63, 3.8) is 0 Å². The minimum Gasteiger partial charge on any atom is -0.478 e. The quantitative estimate of drug-likeness (QED) is 0.818. The Kier molecular flexibility index (Phi) is 2.58. The van der Waals surface area contributed by atoms with Gasteiger partial charge in [-0.3, -0.25) is 9.17 Å². The normalized spacial score (nSPS) is 11.9. The lowest BCUT2D eigenvalue weighted by atomic mass is 9.85. The average molecular weight is 251 g/mol. The van der Waals surface area contributed by atoms with Crippen LogP contribution in [0.1, 0.15) is 36.7 Å². The summed E-state index contributed by atoms with van der Waals surface area (Å²) < 4.78 is 3.08. The van der Waals surface area contributed by atoms with E-state index >= 15 is 0 Å². The molecule has 0 atom stereocenters. The number of benzene rings is 1. The highest BCUT2D eigenvalue weighted by molar-refractivity contribution is 7.13. The first-order valence-corrected chi connectivity index (χ1v) is 6.01. The maximum absolute atomic E-state index is 11.6. The smallest absolute Gasteiger partial charge is 0.337 e. The first kappa shape index (κ1) is 11.9. The second kappa shape index (κ2) is 3.70. The van der Waals surface area contributed by atoms with Gasteiger partial charge in [-0.15, -0.1) is 0 Å². The molecule has 5 heteroatoms. The van der Waals surface area contributed by atoms with Crippen molar-refractivity contribution in [2.24, 2.45) is 0 Å². The molecule has 2 rings (SSSR count). The van der Waals surface area contributed by atoms with Crippen LogP contribution in [0.15, 0.2) is 16.9 Å². The summed E-state index contributed by atoms with van der Waals surface area (Å²) >= 11 is 1.07. The summed E-state index contributed by atoms with van der Waals surface area (Å²) in [4.78, 5) is 22.8. The Morgan fingerprint density at radius 3 is 2.53 bits per heavy atom. The van der Waals surface area contributed by atoms with E-state index in [0.717, 1.165) is 17.1 Å². The Balaban J connectivity index is 2.88. The third-order valence-corrected chi connectivity index (χ3v) is 3.61. The van der Waals surface area contributed by atoms with Gasteiger partial charge in [0.05, 0.1) is 15.6 Å². The van der Waals surface area contributed by atoms with Crippen molar-refractivity contribution >= 4 is 27.6 Å². The Labute approximate surface area is 102 Å². The van der Waals surface area contributed by atoms with Crippen LogP contribution in [0.5, 0.6) is 0 Å². The van der Waals surface area contributed by atoms with Crippen molar-refractivity contribution in [3.8, 4) is 0 Å². The van der Waals surface area contributed by atoms with Crippen molar-refractivity contribution in [2.75, 3.05) is 0 Å². The van der Waals surface area contributed by atoms with Crippen LogP contribution in [0.3, 0.4) is 0 Å². The van der Waals surface area contributed by atoms with Gasteiger partial charge in [-0.25, -0.2) is 4.79 Å². The molecule has 4 nitrogen and oxygen atoms in total. The van der Waals surface area contributed by atoms with Crippen LogP contribution in [-0.4, -0.2) is 15.4 Å². The molecule has 0 bridgehead atoms. The van der Waals surface area contributed by atoms with Gasteiger partial charge < -0.3 is 5.11 Å². The van der Waals surface area contributed by atoms with E-state index in [2.05, 4.69) is 4.37 Å². The van der Waals surface area contributed by atoms with E-state index in [-0.39, 0.29) is 16.5 Å². The van der Waals surface area contributed by atoms with Crippen LogP contribution in [0.25, 0.3) is 10.1 Å². The number of rotatable bonds is 1. The highest BCUT2D eigenvalue weighted by atomic mass is 32.1. The topological polar surface area (TPSA) is 70.2 Å². The van der Waals surface area contributed by atoms with Crippen LogP contribution in [0.4, 0.5) is 0 Å². The molecule has 1 aromatic heterocycles. The van der Waals surface area contributed by atoms with Gasteiger partial charge in [-0.2, -0.15) is 0 Å². The molecule has 2 aromatic rings. The second-order valence-electron chi connectivity index (χ2n) is 4.99. The summed E-state index contributed by atoms with van der Waals surface area (Å²) in [5.74, 6) is -1.00. The molecule has 0 unspecified atom stereocenters. The first-order valence-electron chi connectivity index (χ1n) is 5.19. The third-order valence-electron chi connectivity index (χ3n) is 2.68. The van der Waals surface area contributed by atoms with Crippen molar-refractivity contribution in [3.05, 3.63) is 33.6 Å². The maximum Gasteiger partial charge on any atom is 0.337 e. The molecular formula is C12H13NO3S. The summed E-state index contributed by atoms with van der Waals surface area (Å²) in [6, 6.07) is 3.42. The van der Waals surface area contributed by atoms with Crippen LogP contribution in [-0.2, 0) is 5.41 Å².